The van der Waals surface area contributed by atoms with Gasteiger partial charge in [-0.1, -0.05) is 48.5 Å². The summed E-state index contributed by atoms with van der Waals surface area (Å²) in [5.74, 6) is 0.233. The maximum Gasteiger partial charge on any atom is 0.237 e. The highest BCUT2D eigenvalue weighted by Gasteiger charge is 2.45. The van der Waals surface area contributed by atoms with Crippen LogP contribution in [0.5, 0.6) is 0 Å². The van der Waals surface area contributed by atoms with Crippen molar-refractivity contribution >= 4 is 11.6 Å². The molecule has 118 valence electrons. The lowest BCUT2D eigenvalue weighted by Crippen LogP contribution is -2.49. The van der Waals surface area contributed by atoms with Gasteiger partial charge in [-0.05, 0) is 36.5 Å². The van der Waals surface area contributed by atoms with Crippen LogP contribution in [0.25, 0.3) is 0 Å². The van der Waals surface area contributed by atoms with Gasteiger partial charge < -0.3 is 9.64 Å². The van der Waals surface area contributed by atoms with Gasteiger partial charge in [-0.2, -0.15) is 0 Å². The Morgan fingerprint density at radius 2 is 1.65 bits per heavy atom. The first-order valence-corrected chi connectivity index (χ1v) is 8.34. The average Bonchev–Trinajstić information content (AvgIpc) is 3.06. The Bertz CT molecular complexity index is 705. The van der Waals surface area contributed by atoms with Gasteiger partial charge in [-0.25, -0.2) is 0 Å². The van der Waals surface area contributed by atoms with E-state index in [-0.39, 0.29) is 5.91 Å². The molecule has 0 N–H and O–H groups in total. The molecule has 2 aromatic rings. The largest absolute Gasteiger partial charge is 0.381 e. The fourth-order valence-electron chi connectivity index (χ4n) is 3.91. The molecule has 0 spiro atoms. The zero-order valence-corrected chi connectivity index (χ0v) is 13.2. The second-order valence-electron chi connectivity index (χ2n) is 6.40. The van der Waals surface area contributed by atoms with Crippen LogP contribution >= 0.6 is 0 Å². The molecule has 2 heterocycles. The number of ether oxygens (including phenoxy) is 1. The van der Waals surface area contributed by atoms with Gasteiger partial charge in [0.2, 0.25) is 5.91 Å². The third kappa shape index (κ3) is 2.36. The molecule has 0 unspecified atom stereocenters. The molecule has 2 aliphatic heterocycles. The van der Waals surface area contributed by atoms with Gasteiger partial charge in [0.15, 0.2) is 0 Å². The zero-order chi connectivity index (χ0) is 15.7. The van der Waals surface area contributed by atoms with Crippen molar-refractivity contribution in [2.75, 3.05) is 24.7 Å². The van der Waals surface area contributed by atoms with Crippen LogP contribution in [-0.4, -0.2) is 25.7 Å². The van der Waals surface area contributed by atoms with Gasteiger partial charge in [-0.15, -0.1) is 0 Å². The highest BCUT2D eigenvalue weighted by atomic mass is 16.5. The van der Waals surface area contributed by atoms with Crippen LogP contribution in [0, 0.1) is 0 Å². The lowest BCUT2D eigenvalue weighted by atomic mass is 9.73. The minimum atomic E-state index is -0.447. The molecule has 3 nitrogen and oxygen atoms in total. The molecule has 1 amide bonds. The lowest BCUT2D eigenvalue weighted by molar-refractivity contribution is -0.127. The van der Waals surface area contributed by atoms with E-state index in [0.717, 1.165) is 37.1 Å². The Hall–Kier alpha value is -2.13. The van der Waals surface area contributed by atoms with Gasteiger partial charge in [0, 0.05) is 25.4 Å². The van der Waals surface area contributed by atoms with Crippen molar-refractivity contribution in [3.8, 4) is 0 Å². The first-order chi connectivity index (χ1) is 11.3. The molecule has 0 bridgehead atoms. The molecular formula is C20H21NO2. The molecule has 1 saturated heterocycles. The molecule has 2 aliphatic rings. The first-order valence-electron chi connectivity index (χ1n) is 8.34. The minimum absolute atomic E-state index is 0.233. The van der Waals surface area contributed by atoms with Crippen molar-refractivity contribution < 1.29 is 9.53 Å². The third-order valence-corrected chi connectivity index (χ3v) is 5.21. The highest BCUT2D eigenvalue weighted by molar-refractivity contribution is 6.02. The molecular weight excluding hydrogens is 286 g/mol. The van der Waals surface area contributed by atoms with E-state index >= 15 is 0 Å². The lowest BCUT2D eigenvalue weighted by Gasteiger charge is -2.39. The van der Waals surface area contributed by atoms with Crippen molar-refractivity contribution in [1.29, 1.82) is 0 Å². The molecule has 0 aliphatic carbocycles. The third-order valence-electron chi connectivity index (χ3n) is 5.21. The fourth-order valence-corrected chi connectivity index (χ4v) is 3.91. The average molecular weight is 307 g/mol. The van der Waals surface area contributed by atoms with Crippen LogP contribution in [0.3, 0.4) is 0 Å². The SMILES string of the molecule is O=C(N1CCc2ccccc21)C1(c2ccccc2)CCOCC1. The Morgan fingerprint density at radius 3 is 2.43 bits per heavy atom. The minimum Gasteiger partial charge on any atom is -0.381 e. The summed E-state index contributed by atoms with van der Waals surface area (Å²) in [4.78, 5) is 15.5. The van der Waals surface area contributed by atoms with Gasteiger partial charge in [0.05, 0.1) is 5.41 Å². The summed E-state index contributed by atoms with van der Waals surface area (Å²) < 4.78 is 5.56. The van der Waals surface area contributed by atoms with E-state index in [1.165, 1.54) is 5.56 Å². The van der Waals surface area contributed by atoms with Crippen LogP contribution in [0.15, 0.2) is 54.6 Å². The summed E-state index contributed by atoms with van der Waals surface area (Å²) in [6.07, 6.45) is 2.46. The van der Waals surface area contributed by atoms with Crippen LogP contribution in [0.2, 0.25) is 0 Å². The van der Waals surface area contributed by atoms with E-state index in [4.69, 9.17) is 4.74 Å². The number of hydrogen-bond donors (Lipinski definition) is 0. The van der Waals surface area contributed by atoms with Crippen LogP contribution < -0.4 is 4.90 Å². The number of carbonyl (C=O) groups is 1. The normalized spacial score (nSPS) is 19.4. The number of rotatable bonds is 2. The number of hydrogen-bond acceptors (Lipinski definition) is 2. The van der Waals surface area contributed by atoms with Crippen molar-refractivity contribution in [2.45, 2.75) is 24.7 Å². The highest BCUT2D eigenvalue weighted by Crippen LogP contribution is 2.40. The Morgan fingerprint density at radius 1 is 0.957 bits per heavy atom. The number of nitrogens with zero attached hydrogens (tertiary/aromatic N) is 1. The molecule has 0 radical (unpaired) electrons. The summed E-state index contributed by atoms with van der Waals surface area (Å²) in [5, 5.41) is 0. The summed E-state index contributed by atoms with van der Waals surface area (Å²) in [6.45, 7) is 2.08. The van der Waals surface area contributed by atoms with Crippen LogP contribution in [0.4, 0.5) is 5.69 Å². The second kappa shape index (κ2) is 5.82. The predicted octanol–water partition coefficient (Wildman–Crippen LogP) is 3.32. The van der Waals surface area contributed by atoms with Crippen molar-refractivity contribution in [3.63, 3.8) is 0 Å². The summed E-state index contributed by atoms with van der Waals surface area (Å²) in [6, 6.07) is 18.5. The Balaban J connectivity index is 1.75. The quantitative estimate of drug-likeness (QED) is 0.852. The maximum absolute atomic E-state index is 13.6. The summed E-state index contributed by atoms with van der Waals surface area (Å²) in [5.41, 5.74) is 3.03. The van der Waals surface area contributed by atoms with E-state index in [0.29, 0.717) is 13.2 Å². The smallest absolute Gasteiger partial charge is 0.237 e. The van der Waals surface area contributed by atoms with Gasteiger partial charge in [-0.3, -0.25) is 4.79 Å². The number of para-hydroxylation sites is 1. The topological polar surface area (TPSA) is 29.5 Å². The van der Waals surface area contributed by atoms with Gasteiger partial charge in [0.1, 0.15) is 0 Å². The van der Waals surface area contributed by atoms with Crippen LogP contribution in [0.1, 0.15) is 24.0 Å². The fraction of sp³-hybridized carbons (Fsp3) is 0.350. The number of carbonyl (C=O) groups excluding carboxylic acids is 1. The molecule has 0 atom stereocenters. The number of benzene rings is 2. The van der Waals surface area contributed by atoms with Crippen molar-refractivity contribution in [2.24, 2.45) is 0 Å². The zero-order valence-electron chi connectivity index (χ0n) is 13.2. The Kier molecular flexibility index (Phi) is 3.66. The number of amides is 1. The van der Waals surface area contributed by atoms with E-state index in [1.807, 2.05) is 35.2 Å². The summed E-state index contributed by atoms with van der Waals surface area (Å²) >= 11 is 0. The van der Waals surface area contributed by atoms with Crippen molar-refractivity contribution in [3.05, 3.63) is 65.7 Å². The molecule has 0 saturated carbocycles. The maximum atomic E-state index is 13.6. The molecule has 1 fully saturated rings. The molecule has 4 rings (SSSR count). The van der Waals surface area contributed by atoms with Crippen molar-refractivity contribution in [1.82, 2.24) is 0 Å². The molecule has 23 heavy (non-hydrogen) atoms. The number of anilines is 1. The monoisotopic (exact) mass is 307 g/mol. The van der Waals surface area contributed by atoms with Gasteiger partial charge in [0.25, 0.3) is 0 Å². The summed E-state index contributed by atoms with van der Waals surface area (Å²) in [7, 11) is 0. The van der Waals surface area contributed by atoms with E-state index in [9.17, 15) is 4.79 Å². The van der Waals surface area contributed by atoms with E-state index in [1.54, 1.807) is 0 Å². The molecule has 0 aromatic heterocycles. The van der Waals surface area contributed by atoms with Crippen LogP contribution in [-0.2, 0) is 21.4 Å². The van der Waals surface area contributed by atoms with E-state index < -0.39 is 5.41 Å². The molecule has 2 aromatic carbocycles. The standard InChI is InChI=1S/C20H21NO2/c22-19(21-13-10-16-6-4-5-9-18(16)21)20(11-14-23-15-12-20)17-7-2-1-3-8-17/h1-9H,10-15H2. The predicted molar refractivity (Wildman–Crippen MR) is 90.7 cm³/mol. The Labute approximate surface area is 136 Å². The van der Waals surface area contributed by atoms with Gasteiger partial charge >= 0.3 is 0 Å². The molecule has 3 heteroatoms. The first kappa shape index (κ1) is 14.5. The number of fused-ring (bicyclic) bond motifs is 1. The van der Waals surface area contributed by atoms with E-state index in [2.05, 4.69) is 24.3 Å². The second-order valence-corrected chi connectivity index (χ2v) is 6.40.